The Kier molecular flexibility index (Phi) is 7.47. The number of nitrogens with one attached hydrogen (secondary N) is 1. The molecular formula is C23H27ClFN5O4. The number of benzene rings is 1. The molecule has 0 saturated carbocycles. The number of aromatic amines is 1. The van der Waals surface area contributed by atoms with Crippen molar-refractivity contribution in [2.75, 3.05) is 57.4 Å². The predicted molar refractivity (Wildman–Crippen MR) is 125 cm³/mol. The number of amides is 2. The molecule has 9 nitrogen and oxygen atoms in total. The van der Waals surface area contributed by atoms with Gasteiger partial charge in [0.1, 0.15) is 5.82 Å². The van der Waals surface area contributed by atoms with E-state index >= 15 is 0 Å². The largest absolute Gasteiger partial charge is 0.378 e. The number of halogens is 2. The molecule has 2 aliphatic heterocycles. The van der Waals surface area contributed by atoms with Gasteiger partial charge in [-0.05, 0) is 31.5 Å². The van der Waals surface area contributed by atoms with Crippen LogP contribution in [0, 0.1) is 12.7 Å². The molecule has 2 saturated heterocycles. The maximum Gasteiger partial charge on any atom is 0.257 e. The van der Waals surface area contributed by atoms with Gasteiger partial charge in [-0.1, -0.05) is 11.6 Å². The number of aromatic nitrogens is 2. The summed E-state index contributed by atoms with van der Waals surface area (Å²) in [6.45, 7) is 5.57. The molecule has 0 spiro atoms. The van der Waals surface area contributed by atoms with E-state index in [-0.39, 0.29) is 34.9 Å². The van der Waals surface area contributed by atoms with Gasteiger partial charge in [0.05, 0.1) is 18.8 Å². The predicted octanol–water partition coefficient (Wildman–Crippen LogP) is 1.62. The molecule has 0 atom stereocenters. The molecule has 2 fully saturated rings. The molecule has 1 aromatic heterocycles. The molecule has 2 aliphatic rings. The fraction of sp³-hybridized carbons (Fsp3) is 0.478. The van der Waals surface area contributed by atoms with E-state index in [0.29, 0.717) is 69.7 Å². The lowest BCUT2D eigenvalue weighted by atomic mass is 10.1. The highest BCUT2D eigenvalue weighted by atomic mass is 35.5. The van der Waals surface area contributed by atoms with Gasteiger partial charge in [0.15, 0.2) is 0 Å². The number of piperazine rings is 1. The normalized spacial score (nSPS) is 16.6. The molecule has 182 valence electrons. The average molecular weight is 492 g/mol. The number of hydrogen-bond donors (Lipinski definition) is 1. The lowest BCUT2D eigenvalue weighted by Gasteiger charge is -2.35. The van der Waals surface area contributed by atoms with Crippen molar-refractivity contribution in [1.29, 1.82) is 0 Å². The molecule has 0 bridgehead atoms. The smallest absolute Gasteiger partial charge is 0.257 e. The number of anilines is 1. The maximum absolute atomic E-state index is 14.0. The monoisotopic (exact) mass is 491 g/mol. The lowest BCUT2D eigenvalue weighted by Crippen LogP contribution is -2.50. The quantitative estimate of drug-likeness (QED) is 0.682. The van der Waals surface area contributed by atoms with Crippen LogP contribution in [0.15, 0.2) is 23.0 Å². The molecular weight excluding hydrogens is 465 g/mol. The van der Waals surface area contributed by atoms with Crippen LogP contribution in [-0.4, -0.2) is 84.1 Å². The average Bonchev–Trinajstić information content (AvgIpc) is 2.85. The Hall–Kier alpha value is -2.98. The summed E-state index contributed by atoms with van der Waals surface area (Å²) in [7, 11) is 0. The van der Waals surface area contributed by atoms with Gasteiger partial charge in [0.25, 0.3) is 11.5 Å². The Bertz CT molecular complexity index is 1130. The van der Waals surface area contributed by atoms with Crippen LogP contribution in [-0.2, 0) is 16.0 Å². The van der Waals surface area contributed by atoms with Crippen molar-refractivity contribution in [3.8, 4) is 0 Å². The number of nitrogens with zero attached hydrogens (tertiary/aromatic N) is 4. The number of ether oxygens (including phenoxy) is 1. The van der Waals surface area contributed by atoms with Crippen LogP contribution < -0.4 is 10.5 Å². The lowest BCUT2D eigenvalue weighted by molar-refractivity contribution is -0.132. The molecule has 0 unspecified atom stereocenters. The third-order valence-corrected chi connectivity index (χ3v) is 6.42. The first-order valence-electron chi connectivity index (χ1n) is 11.3. The summed E-state index contributed by atoms with van der Waals surface area (Å²) in [5, 5.41) is 0.288. The van der Waals surface area contributed by atoms with Crippen LogP contribution in [0.25, 0.3) is 0 Å². The van der Waals surface area contributed by atoms with E-state index in [2.05, 4.69) is 9.97 Å². The van der Waals surface area contributed by atoms with Gasteiger partial charge in [-0.25, -0.2) is 9.37 Å². The van der Waals surface area contributed by atoms with Gasteiger partial charge >= 0.3 is 0 Å². The van der Waals surface area contributed by atoms with Crippen molar-refractivity contribution in [3.63, 3.8) is 0 Å². The zero-order chi connectivity index (χ0) is 24.2. The number of carbonyl (C=O) groups is 2. The summed E-state index contributed by atoms with van der Waals surface area (Å²) in [6.07, 6.45) is 0.447. The molecule has 2 amide bonds. The number of morpholine rings is 1. The Balaban J connectivity index is 1.32. The van der Waals surface area contributed by atoms with Gasteiger partial charge in [-0.15, -0.1) is 0 Å². The molecule has 0 aliphatic carbocycles. The van der Waals surface area contributed by atoms with E-state index in [1.807, 2.05) is 4.90 Å². The van der Waals surface area contributed by atoms with Crippen LogP contribution in [0.3, 0.4) is 0 Å². The number of H-pyrrole nitrogens is 1. The topological polar surface area (TPSA) is 98.8 Å². The zero-order valence-corrected chi connectivity index (χ0v) is 19.7. The highest BCUT2D eigenvalue weighted by Gasteiger charge is 2.27. The molecule has 1 N–H and O–H groups in total. The first kappa shape index (κ1) is 24.2. The summed E-state index contributed by atoms with van der Waals surface area (Å²) in [4.78, 5) is 50.5. The second kappa shape index (κ2) is 10.5. The van der Waals surface area contributed by atoms with Gasteiger partial charge in [-0.3, -0.25) is 19.4 Å². The van der Waals surface area contributed by atoms with Crippen molar-refractivity contribution in [2.24, 2.45) is 0 Å². The van der Waals surface area contributed by atoms with Crippen LogP contribution in [0.1, 0.15) is 28.0 Å². The number of aryl methyl sites for hydroxylation is 1. The number of hydrogen-bond acceptors (Lipinski definition) is 6. The fourth-order valence-corrected chi connectivity index (χ4v) is 4.37. The van der Waals surface area contributed by atoms with Gasteiger partial charge in [-0.2, -0.15) is 0 Å². The number of carbonyl (C=O) groups excluding carboxylic acids is 2. The van der Waals surface area contributed by atoms with E-state index < -0.39 is 11.7 Å². The molecule has 3 heterocycles. The van der Waals surface area contributed by atoms with Gasteiger partial charge in [0, 0.05) is 62.0 Å². The highest BCUT2D eigenvalue weighted by molar-refractivity contribution is 6.31. The third kappa shape index (κ3) is 5.39. The zero-order valence-electron chi connectivity index (χ0n) is 19.0. The highest BCUT2D eigenvalue weighted by Crippen LogP contribution is 2.18. The standard InChI is InChI=1S/C23H27ClFN5O4/c1-15-17(21(32)27-23(26-15)30-10-12-34-13-11-30)3-5-20(31)28-6-8-29(9-7-28)22(33)18-14-16(24)2-4-19(18)25/h2,4,14H,3,5-13H2,1H3,(H,26,27,32). The van der Waals surface area contributed by atoms with Crippen molar-refractivity contribution in [2.45, 2.75) is 19.8 Å². The van der Waals surface area contributed by atoms with Crippen molar-refractivity contribution in [3.05, 3.63) is 56.2 Å². The molecule has 0 radical (unpaired) electrons. The van der Waals surface area contributed by atoms with E-state index in [0.717, 1.165) is 0 Å². The Morgan fingerprint density at radius 3 is 2.47 bits per heavy atom. The summed E-state index contributed by atoms with van der Waals surface area (Å²) in [5.41, 5.74) is 0.795. The molecule has 2 aromatic rings. The van der Waals surface area contributed by atoms with Crippen LogP contribution >= 0.6 is 11.6 Å². The van der Waals surface area contributed by atoms with E-state index in [1.54, 1.807) is 11.8 Å². The maximum atomic E-state index is 14.0. The Labute approximate surface area is 201 Å². The minimum atomic E-state index is -0.623. The molecule has 4 rings (SSSR count). The van der Waals surface area contributed by atoms with E-state index in [4.69, 9.17) is 16.3 Å². The van der Waals surface area contributed by atoms with E-state index in [1.165, 1.54) is 23.1 Å². The second-order valence-corrected chi connectivity index (χ2v) is 8.79. The summed E-state index contributed by atoms with van der Waals surface area (Å²) in [5.74, 6) is -0.641. The second-order valence-electron chi connectivity index (χ2n) is 8.35. The molecule has 1 aromatic carbocycles. The van der Waals surface area contributed by atoms with Crippen LogP contribution in [0.4, 0.5) is 10.3 Å². The van der Waals surface area contributed by atoms with Crippen molar-refractivity contribution < 1.29 is 18.7 Å². The van der Waals surface area contributed by atoms with Crippen LogP contribution in [0.2, 0.25) is 5.02 Å². The Morgan fingerprint density at radius 1 is 1.12 bits per heavy atom. The first-order chi connectivity index (χ1) is 16.3. The van der Waals surface area contributed by atoms with Crippen LogP contribution in [0.5, 0.6) is 0 Å². The number of rotatable bonds is 5. The van der Waals surface area contributed by atoms with Gasteiger partial charge < -0.3 is 19.4 Å². The van der Waals surface area contributed by atoms with E-state index in [9.17, 15) is 18.8 Å². The summed E-state index contributed by atoms with van der Waals surface area (Å²) in [6, 6.07) is 3.87. The minimum Gasteiger partial charge on any atom is -0.378 e. The SMILES string of the molecule is Cc1nc(N2CCOCC2)[nH]c(=O)c1CCC(=O)N1CCN(C(=O)c2cc(Cl)ccc2F)CC1. The van der Waals surface area contributed by atoms with Gasteiger partial charge in [0.2, 0.25) is 11.9 Å². The van der Waals surface area contributed by atoms with Crippen molar-refractivity contribution in [1.82, 2.24) is 19.8 Å². The minimum absolute atomic E-state index is 0.0741. The first-order valence-corrected chi connectivity index (χ1v) is 11.7. The molecule has 34 heavy (non-hydrogen) atoms. The molecule has 11 heteroatoms. The summed E-state index contributed by atoms with van der Waals surface area (Å²) >= 11 is 5.89. The Morgan fingerprint density at radius 2 is 1.79 bits per heavy atom. The summed E-state index contributed by atoms with van der Waals surface area (Å²) < 4.78 is 19.4. The fourth-order valence-electron chi connectivity index (χ4n) is 4.20. The van der Waals surface area contributed by atoms with Crippen molar-refractivity contribution >= 4 is 29.4 Å². The third-order valence-electron chi connectivity index (χ3n) is 6.19.